The van der Waals surface area contributed by atoms with E-state index in [0.29, 0.717) is 12.4 Å². The number of nitrogens with one attached hydrogen (secondary N) is 1. The number of nitrogens with zero attached hydrogens (tertiary/aromatic N) is 3. The first-order chi connectivity index (χ1) is 14.2. The lowest BCUT2D eigenvalue weighted by atomic mass is 9.77. The molecule has 6 heteroatoms. The number of hydrogen-bond donors (Lipinski definition) is 1. The number of carbonyl (C=O) groups is 1. The minimum absolute atomic E-state index is 0.131. The van der Waals surface area contributed by atoms with Gasteiger partial charge in [0.25, 0.3) is 0 Å². The summed E-state index contributed by atoms with van der Waals surface area (Å²) in [6, 6.07) is 15.9. The molecule has 2 atom stereocenters. The van der Waals surface area contributed by atoms with Gasteiger partial charge in [0.15, 0.2) is 5.78 Å². The van der Waals surface area contributed by atoms with Crippen LogP contribution in [0.25, 0.3) is 0 Å². The van der Waals surface area contributed by atoms with E-state index in [9.17, 15) is 4.79 Å². The standard InChI is InChI=1S/C23H22N4O2/c1-14-5-3-4-6-18(14)22-21-19(26-23-24-13-25-27(22)23)11-16(12-20(21)28)15-7-9-17(29-2)10-8-15/h3-10,13,16,22H,11-12H2,1-2H3,(H,24,25,26)/t16-,22-/m0/s1. The lowest BCUT2D eigenvalue weighted by molar-refractivity contribution is -0.116. The van der Waals surface area contributed by atoms with Gasteiger partial charge in [0.05, 0.1) is 7.11 Å². The average molecular weight is 386 g/mol. The Morgan fingerprint density at radius 3 is 2.66 bits per heavy atom. The van der Waals surface area contributed by atoms with E-state index in [2.05, 4.69) is 34.5 Å². The highest BCUT2D eigenvalue weighted by Crippen LogP contribution is 2.44. The van der Waals surface area contributed by atoms with Crippen molar-refractivity contribution in [1.29, 1.82) is 0 Å². The van der Waals surface area contributed by atoms with Gasteiger partial charge in [0.1, 0.15) is 18.1 Å². The van der Waals surface area contributed by atoms with Crippen molar-refractivity contribution in [2.45, 2.75) is 31.7 Å². The average Bonchev–Trinajstić information content (AvgIpc) is 3.21. The van der Waals surface area contributed by atoms with Crippen LogP contribution in [0.15, 0.2) is 66.1 Å². The SMILES string of the molecule is COc1ccc([C@@H]2CC(=O)C3=C(C2)Nc2ncnn2[C@H]3c2ccccc2C)cc1. The Hall–Kier alpha value is -3.41. The molecule has 6 nitrogen and oxygen atoms in total. The third kappa shape index (κ3) is 2.92. The van der Waals surface area contributed by atoms with E-state index in [1.54, 1.807) is 7.11 Å². The van der Waals surface area contributed by atoms with Crippen LogP contribution < -0.4 is 10.1 Å². The summed E-state index contributed by atoms with van der Waals surface area (Å²) in [5.41, 5.74) is 5.13. The minimum atomic E-state index is -0.241. The fourth-order valence-corrected chi connectivity index (χ4v) is 4.44. The first-order valence-electron chi connectivity index (χ1n) is 9.78. The largest absolute Gasteiger partial charge is 0.497 e. The second-order valence-corrected chi connectivity index (χ2v) is 7.61. The summed E-state index contributed by atoms with van der Waals surface area (Å²) in [5.74, 6) is 1.79. The summed E-state index contributed by atoms with van der Waals surface area (Å²) in [6.07, 6.45) is 2.79. The maximum atomic E-state index is 13.4. The Morgan fingerprint density at radius 1 is 1.10 bits per heavy atom. The highest BCUT2D eigenvalue weighted by molar-refractivity contribution is 6.00. The monoisotopic (exact) mass is 386 g/mol. The Morgan fingerprint density at radius 2 is 1.90 bits per heavy atom. The number of aromatic nitrogens is 3. The van der Waals surface area contributed by atoms with E-state index >= 15 is 0 Å². The molecule has 0 unspecified atom stereocenters. The van der Waals surface area contributed by atoms with Crippen molar-refractivity contribution in [2.75, 3.05) is 12.4 Å². The number of carbonyl (C=O) groups excluding carboxylic acids is 1. The molecule has 1 N–H and O–H groups in total. The number of benzene rings is 2. The lowest BCUT2D eigenvalue weighted by Crippen LogP contribution is -2.33. The molecule has 1 aliphatic carbocycles. The molecule has 3 aromatic rings. The lowest BCUT2D eigenvalue weighted by Gasteiger charge is -2.35. The second-order valence-electron chi connectivity index (χ2n) is 7.61. The molecule has 0 saturated heterocycles. The molecule has 29 heavy (non-hydrogen) atoms. The zero-order valence-electron chi connectivity index (χ0n) is 16.4. The molecule has 2 aliphatic rings. The molecule has 2 heterocycles. The highest BCUT2D eigenvalue weighted by Gasteiger charge is 2.39. The Labute approximate surface area is 169 Å². The third-order valence-corrected chi connectivity index (χ3v) is 5.93. The van der Waals surface area contributed by atoms with Gasteiger partial charge in [0.2, 0.25) is 5.95 Å². The second kappa shape index (κ2) is 6.88. The maximum Gasteiger partial charge on any atom is 0.226 e. The van der Waals surface area contributed by atoms with Gasteiger partial charge in [-0.25, -0.2) is 4.68 Å². The Kier molecular flexibility index (Phi) is 4.19. The molecular weight excluding hydrogens is 364 g/mol. The Balaban J connectivity index is 1.57. The van der Waals surface area contributed by atoms with E-state index in [1.165, 1.54) is 6.33 Å². The number of fused-ring (bicyclic) bond motifs is 1. The van der Waals surface area contributed by atoms with Crippen molar-refractivity contribution in [3.05, 3.63) is 82.8 Å². The van der Waals surface area contributed by atoms with Crippen LogP contribution in [0.3, 0.4) is 0 Å². The van der Waals surface area contributed by atoms with Gasteiger partial charge in [-0.2, -0.15) is 10.1 Å². The van der Waals surface area contributed by atoms with Crippen molar-refractivity contribution >= 4 is 11.7 Å². The van der Waals surface area contributed by atoms with Gasteiger partial charge >= 0.3 is 0 Å². The summed E-state index contributed by atoms with van der Waals surface area (Å²) in [7, 11) is 1.66. The molecule has 5 rings (SSSR count). The molecule has 146 valence electrons. The van der Waals surface area contributed by atoms with Crippen LogP contribution in [0.4, 0.5) is 5.95 Å². The summed E-state index contributed by atoms with van der Waals surface area (Å²) >= 11 is 0. The van der Waals surface area contributed by atoms with Crippen molar-refractivity contribution in [1.82, 2.24) is 14.8 Å². The first kappa shape index (κ1) is 17.7. The van der Waals surface area contributed by atoms with E-state index < -0.39 is 0 Å². The summed E-state index contributed by atoms with van der Waals surface area (Å²) in [6.45, 7) is 2.07. The van der Waals surface area contributed by atoms with Crippen LogP contribution in [0, 0.1) is 6.92 Å². The molecule has 0 spiro atoms. The van der Waals surface area contributed by atoms with Gasteiger partial charge in [0, 0.05) is 17.7 Å². The van der Waals surface area contributed by atoms with Crippen molar-refractivity contribution < 1.29 is 9.53 Å². The van der Waals surface area contributed by atoms with Gasteiger partial charge in [-0.05, 0) is 48.1 Å². The van der Waals surface area contributed by atoms with Crippen LogP contribution >= 0.6 is 0 Å². The first-order valence-corrected chi connectivity index (χ1v) is 9.78. The molecular formula is C23H22N4O2. The number of aryl methyl sites for hydroxylation is 1. The summed E-state index contributed by atoms with van der Waals surface area (Å²) in [5, 5.41) is 7.79. The zero-order chi connectivity index (χ0) is 20.0. The van der Waals surface area contributed by atoms with Crippen molar-refractivity contribution in [2.24, 2.45) is 0 Å². The normalized spacial score (nSPS) is 20.7. The summed E-state index contributed by atoms with van der Waals surface area (Å²) in [4.78, 5) is 17.8. The quantitative estimate of drug-likeness (QED) is 0.737. The van der Waals surface area contributed by atoms with E-state index in [-0.39, 0.29) is 17.7 Å². The van der Waals surface area contributed by atoms with Crippen molar-refractivity contribution in [3.8, 4) is 5.75 Å². The third-order valence-electron chi connectivity index (χ3n) is 5.93. The summed E-state index contributed by atoms with van der Waals surface area (Å²) < 4.78 is 7.09. The van der Waals surface area contributed by atoms with Crippen LogP contribution in [-0.2, 0) is 4.79 Å². The van der Waals surface area contributed by atoms with Crippen LogP contribution in [0.5, 0.6) is 5.75 Å². The number of Topliss-reactive ketones (excluding diaryl/α,β-unsaturated/α-hetero) is 1. The van der Waals surface area contributed by atoms with Gasteiger partial charge in [-0.15, -0.1) is 0 Å². The molecule has 0 bridgehead atoms. The number of methoxy groups -OCH3 is 1. The van der Waals surface area contributed by atoms with Crippen LogP contribution in [0.1, 0.15) is 41.5 Å². The molecule has 0 fully saturated rings. The molecule has 0 saturated carbocycles. The molecule has 1 aromatic heterocycles. The van der Waals surface area contributed by atoms with Gasteiger partial charge in [-0.1, -0.05) is 36.4 Å². The predicted octanol–water partition coefficient (Wildman–Crippen LogP) is 4.01. The molecule has 0 amide bonds. The van der Waals surface area contributed by atoms with Crippen molar-refractivity contribution in [3.63, 3.8) is 0 Å². The zero-order valence-corrected chi connectivity index (χ0v) is 16.4. The van der Waals surface area contributed by atoms with Gasteiger partial charge in [-0.3, -0.25) is 4.79 Å². The number of anilines is 1. The van der Waals surface area contributed by atoms with E-state index in [1.807, 2.05) is 41.1 Å². The maximum absolute atomic E-state index is 13.4. The van der Waals surface area contributed by atoms with Crippen LogP contribution in [0.2, 0.25) is 0 Å². The molecule has 0 radical (unpaired) electrons. The number of ketones is 1. The van der Waals surface area contributed by atoms with E-state index in [4.69, 9.17) is 4.74 Å². The Bertz CT molecular complexity index is 1110. The fraction of sp³-hybridized carbons (Fsp3) is 0.261. The van der Waals surface area contributed by atoms with Crippen LogP contribution in [-0.4, -0.2) is 27.7 Å². The van der Waals surface area contributed by atoms with E-state index in [0.717, 1.165) is 40.1 Å². The molecule has 1 aliphatic heterocycles. The number of rotatable bonds is 3. The smallest absolute Gasteiger partial charge is 0.226 e. The molecule has 2 aromatic carbocycles. The van der Waals surface area contributed by atoms with Gasteiger partial charge < -0.3 is 10.1 Å². The number of ether oxygens (including phenoxy) is 1. The highest BCUT2D eigenvalue weighted by atomic mass is 16.5. The minimum Gasteiger partial charge on any atom is -0.497 e. The fourth-order valence-electron chi connectivity index (χ4n) is 4.44. The topological polar surface area (TPSA) is 69.0 Å². The number of allylic oxidation sites excluding steroid dienone is 2. The number of hydrogen-bond acceptors (Lipinski definition) is 5. The predicted molar refractivity (Wildman–Crippen MR) is 110 cm³/mol.